The standard InChI is InChI=1S/C24H24N8S/c1-31-9-6-27-23(31)33-22-20-18(13-29-22)30-19(14-28-20)32-7-4-24(5-8-32)11-16-3-2-15(12-25)10-17(16)21(24)26/h2-3,6,9-10,14,21H,4-5,7-8,11,13,26H2,1H3/t21-/m1/s1. The van der Waals surface area contributed by atoms with Crippen LogP contribution in [0.4, 0.5) is 5.82 Å². The normalized spacial score (nSPS) is 20.5. The molecule has 4 heterocycles. The topological polar surface area (TPSA) is 109 Å². The smallest absolute Gasteiger partial charge is 0.174 e. The molecule has 3 aromatic rings. The van der Waals surface area contributed by atoms with Crippen LogP contribution in [0, 0.1) is 16.7 Å². The maximum atomic E-state index is 9.25. The summed E-state index contributed by atoms with van der Waals surface area (Å²) in [5, 5.41) is 11.0. The minimum Gasteiger partial charge on any atom is -0.355 e. The van der Waals surface area contributed by atoms with Gasteiger partial charge in [0, 0.05) is 38.6 Å². The average molecular weight is 457 g/mol. The number of piperidine rings is 1. The van der Waals surface area contributed by atoms with Gasteiger partial charge < -0.3 is 15.2 Å². The number of nitrogens with zero attached hydrogens (tertiary/aromatic N) is 7. The monoisotopic (exact) mass is 456 g/mol. The van der Waals surface area contributed by atoms with Crippen LogP contribution in [0.2, 0.25) is 0 Å². The number of nitrogens with two attached hydrogens (primary N) is 1. The quantitative estimate of drug-likeness (QED) is 0.631. The van der Waals surface area contributed by atoms with Crippen LogP contribution in [0.25, 0.3) is 0 Å². The molecule has 2 aliphatic heterocycles. The zero-order valence-corrected chi connectivity index (χ0v) is 19.2. The van der Waals surface area contributed by atoms with E-state index in [1.165, 1.54) is 17.3 Å². The summed E-state index contributed by atoms with van der Waals surface area (Å²) in [6.07, 6.45) is 8.57. The summed E-state index contributed by atoms with van der Waals surface area (Å²) in [4.78, 5) is 21.0. The van der Waals surface area contributed by atoms with Crippen molar-refractivity contribution in [2.24, 2.45) is 23.2 Å². The Balaban J connectivity index is 1.16. The van der Waals surface area contributed by atoms with Gasteiger partial charge in [-0.1, -0.05) is 6.07 Å². The molecule has 2 aromatic heterocycles. The van der Waals surface area contributed by atoms with Gasteiger partial charge in [0.25, 0.3) is 0 Å². The number of benzene rings is 1. The number of aliphatic imine (C=N–C) groups is 1. The largest absolute Gasteiger partial charge is 0.355 e. The lowest BCUT2D eigenvalue weighted by molar-refractivity contribution is 0.187. The SMILES string of the molecule is Cn1ccnc1SC1=NCc2nc(N3CCC4(CC3)Cc3ccc(C#N)cc3[C@H]4N)cnc21. The first-order valence-electron chi connectivity index (χ1n) is 11.2. The molecule has 6 rings (SSSR count). The summed E-state index contributed by atoms with van der Waals surface area (Å²) in [5.74, 6) is 0.915. The molecule has 0 radical (unpaired) electrons. The highest BCUT2D eigenvalue weighted by Gasteiger charge is 2.46. The third-order valence-electron chi connectivity index (χ3n) is 7.27. The summed E-state index contributed by atoms with van der Waals surface area (Å²) in [5.41, 5.74) is 11.7. The third kappa shape index (κ3) is 3.33. The molecular weight excluding hydrogens is 432 g/mol. The summed E-state index contributed by atoms with van der Waals surface area (Å²) in [7, 11) is 1.97. The zero-order chi connectivity index (χ0) is 22.6. The van der Waals surface area contributed by atoms with Crippen LogP contribution in [-0.4, -0.2) is 37.7 Å². The molecule has 2 N–H and O–H groups in total. The Morgan fingerprint density at radius 3 is 2.85 bits per heavy atom. The molecule has 0 unspecified atom stereocenters. The molecule has 1 saturated heterocycles. The van der Waals surface area contributed by atoms with Crippen LogP contribution in [0.1, 0.15) is 47.0 Å². The van der Waals surface area contributed by atoms with Crippen molar-refractivity contribution in [3.05, 3.63) is 64.9 Å². The van der Waals surface area contributed by atoms with Gasteiger partial charge in [-0.2, -0.15) is 5.26 Å². The molecule has 1 fully saturated rings. The Kier molecular flexibility index (Phi) is 4.75. The fourth-order valence-electron chi connectivity index (χ4n) is 5.30. The molecule has 1 spiro atoms. The van der Waals surface area contributed by atoms with Crippen molar-refractivity contribution in [1.82, 2.24) is 19.5 Å². The number of thioether (sulfide) groups is 1. The number of hydrogen-bond donors (Lipinski definition) is 1. The van der Waals surface area contributed by atoms with Crippen molar-refractivity contribution in [3.63, 3.8) is 0 Å². The predicted molar refractivity (Wildman–Crippen MR) is 127 cm³/mol. The Morgan fingerprint density at radius 2 is 2.09 bits per heavy atom. The van der Waals surface area contributed by atoms with Gasteiger partial charge in [0.1, 0.15) is 16.6 Å². The van der Waals surface area contributed by atoms with Crippen molar-refractivity contribution in [3.8, 4) is 6.07 Å². The van der Waals surface area contributed by atoms with E-state index >= 15 is 0 Å². The molecule has 0 bridgehead atoms. The van der Waals surface area contributed by atoms with Crippen molar-refractivity contribution in [2.75, 3.05) is 18.0 Å². The first-order chi connectivity index (χ1) is 16.1. The van der Waals surface area contributed by atoms with E-state index in [1.807, 2.05) is 36.1 Å². The molecule has 166 valence electrons. The Morgan fingerprint density at radius 1 is 1.24 bits per heavy atom. The number of fused-ring (bicyclic) bond motifs is 2. The van der Waals surface area contributed by atoms with E-state index in [1.54, 1.807) is 6.20 Å². The maximum absolute atomic E-state index is 9.25. The van der Waals surface area contributed by atoms with E-state index in [4.69, 9.17) is 15.7 Å². The molecule has 0 saturated carbocycles. The lowest BCUT2D eigenvalue weighted by Gasteiger charge is -2.42. The second kappa shape index (κ2) is 7.68. The molecule has 8 nitrogen and oxygen atoms in total. The molecule has 33 heavy (non-hydrogen) atoms. The van der Waals surface area contributed by atoms with Crippen molar-refractivity contribution in [2.45, 2.75) is 37.0 Å². The highest BCUT2D eigenvalue weighted by atomic mass is 32.2. The molecule has 9 heteroatoms. The summed E-state index contributed by atoms with van der Waals surface area (Å²) in [6, 6.07) is 8.19. The number of imidazole rings is 1. The summed E-state index contributed by atoms with van der Waals surface area (Å²) >= 11 is 1.53. The number of rotatable bonds is 2. The summed E-state index contributed by atoms with van der Waals surface area (Å²) in [6.45, 7) is 2.36. The van der Waals surface area contributed by atoms with E-state index in [0.717, 1.165) is 65.3 Å². The second-order valence-electron chi connectivity index (χ2n) is 9.10. The fraction of sp³-hybridized carbons (Fsp3) is 0.375. The average Bonchev–Trinajstić information content (AvgIpc) is 3.51. The van der Waals surface area contributed by atoms with Crippen molar-refractivity contribution in [1.29, 1.82) is 5.26 Å². The van der Waals surface area contributed by atoms with Gasteiger partial charge >= 0.3 is 0 Å². The third-order valence-corrected chi connectivity index (χ3v) is 8.36. The van der Waals surface area contributed by atoms with Gasteiger partial charge in [0.2, 0.25) is 0 Å². The minimum atomic E-state index is -0.0202. The molecule has 0 amide bonds. The van der Waals surface area contributed by atoms with Gasteiger partial charge in [0.05, 0.1) is 30.1 Å². The zero-order valence-electron chi connectivity index (χ0n) is 18.4. The number of nitriles is 1. The van der Waals surface area contributed by atoms with E-state index in [0.29, 0.717) is 12.1 Å². The summed E-state index contributed by atoms with van der Waals surface area (Å²) < 4.78 is 1.98. The van der Waals surface area contributed by atoms with Gasteiger partial charge in [-0.25, -0.2) is 15.0 Å². The molecule has 1 aromatic carbocycles. The number of anilines is 1. The van der Waals surface area contributed by atoms with Gasteiger partial charge in [-0.05, 0) is 59.7 Å². The highest BCUT2D eigenvalue weighted by Crippen LogP contribution is 2.51. The van der Waals surface area contributed by atoms with Crippen molar-refractivity contribution >= 4 is 22.6 Å². The van der Waals surface area contributed by atoms with Crippen LogP contribution in [0.5, 0.6) is 0 Å². The lowest BCUT2D eigenvalue weighted by Crippen LogP contribution is -2.44. The van der Waals surface area contributed by atoms with E-state index in [2.05, 4.69) is 27.0 Å². The fourth-order valence-corrected chi connectivity index (χ4v) is 6.19. The first-order valence-corrected chi connectivity index (χ1v) is 12.0. The number of aryl methyl sites for hydroxylation is 1. The van der Waals surface area contributed by atoms with E-state index < -0.39 is 0 Å². The van der Waals surface area contributed by atoms with Crippen LogP contribution in [-0.2, 0) is 20.0 Å². The Hall–Kier alpha value is -3.22. The lowest BCUT2D eigenvalue weighted by atomic mass is 9.73. The Labute approximate surface area is 196 Å². The molecule has 1 atom stereocenters. The minimum absolute atomic E-state index is 0.0202. The van der Waals surface area contributed by atoms with Crippen LogP contribution >= 0.6 is 11.8 Å². The van der Waals surface area contributed by atoms with Crippen molar-refractivity contribution < 1.29 is 0 Å². The highest BCUT2D eigenvalue weighted by molar-refractivity contribution is 8.14. The number of aromatic nitrogens is 4. The van der Waals surface area contributed by atoms with Gasteiger partial charge in [0.15, 0.2) is 5.16 Å². The van der Waals surface area contributed by atoms with Crippen LogP contribution in [0.15, 0.2) is 46.9 Å². The Bertz CT molecular complexity index is 1310. The first kappa shape index (κ1) is 20.4. The molecule has 1 aliphatic carbocycles. The van der Waals surface area contributed by atoms with E-state index in [9.17, 15) is 5.26 Å². The molecule has 3 aliphatic rings. The number of hydrogen-bond acceptors (Lipinski definition) is 8. The van der Waals surface area contributed by atoms with E-state index in [-0.39, 0.29) is 11.5 Å². The molecular formula is C24H24N8S. The van der Waals surface area contributed by atoms with Crippen LogP contribution < -0.4 is 10.6 Å². The predicted octanol–water partition coefficient (Wildman–Crippen LogP) is 2.98. The second-order valence-corrected chi connectivity index (χ2v) is 10.1. The van der Waals surface area contributed by atoms with Crippen LogP contribution in [0.3, 0.4) is 0 Å². The van der Waals surface area contributed by atoms with Gasteiger partial charge in [-0.3, -0.25) is 4.99 Å². The van der Waals surface area contributed by atoms with Gasteiger partial charge in [-0.15, -0.1) is 0 Å². The maximum Gasteiger partial charge on any atom is 0.174 e.